The molecule has 0 aliphatic rings. The lowest BCUT2D eigenvalue weighted by atomic mass is 10.2. The maximum absolute atomic E-state index is 13.2. The third-order valence-corrected chi connectivity index (χ3v) is 7.00. The number of nitrogens with one attached hydrogen (secondary N) is 1. The van der Waals surface area contributed by atoms with Crippen LogP contribution in [-0.4, -0.2) is 40.1 Å². The Bertz CT molecular complexity index is 1620. The Kier molecular flexibility index (Phi) is 6.59. The number of fused-ring (bicyclic) bond motifs is 1. The summed E-state index contributed by atoms with van der Waals surface area (Å²) in [4.78, 5) is 17.6. The minimum absolute atomic E-state index is 0.230. The van der Waals surface area contributed by atoms with Gasteiger partial charge in [-0.1, -0.05) is 29.3 Å². The molecule has 0 saturated carbocycles. The third kappa shape index (κ3) is 4.52. The highest BCUT2D eigenvalue weighted by atomic mass is 79.9. The first-order valence-electron chi connectivity index (χ1n) is 11.1. The van der Waals surface area contributed by atoms with Crippen LogP contribution in [0.25, 0.3) is 17.0 Å². The van der Waals surface area contributed by atoms with Crippen molar-refractivity contribution in [1.82, 2.24) is 34.2 Å². The molecule has 0 unspecified atom stereocenters. The van der Waals surface area contributed by atoms with E-state index in [1.54, 1.807) is 33.6 Å². The van der Waals surface area contributed by atoms with Crippen molar-refractivity contribution in [2.75, 3.05) is 5.32 Å². The molecule has 0 aliphatic heterocycles. The Balaban J connectivity index is 1.43. The third-order valence-electron chi connectivity index (χ3n) is 5.83. The molecule has 12 heteroatoms. The highest BCUT2D eigenvalue weighted by Gasteiger charge is 2.20. The number of halogens is 3. The lowest BCUT2D eigenvalue weighted by Gasteiger charge is -2.08. The molecule has 0 radical (unpaired) electrons. The highest BCUT2D eigenvalue weighted by molar-refractivity contribution is 9.10. The second kappa shape index (κ2) is 9.68. The van der Waals surface area contributed by atoms with Gasteiger partial charge in [-0.05, 0) is 60.5 Å². The van der Waals surface area contributed by atoms with Crippen molar-refractivity contribution >= 4 is 56.4 Å². The first-order valence-corrected chi connectivity index (χ1v) is 12.7. The molecule has 0 spiro atoms. The van der Waals surface area contributed by atoms with Crippen LogP contribution in [0.4, 0.5) is 5.69 Å². The van der Waals surface area contributed by atoms with Gasteiger partial charge in [0.2, 0.25) is 0 Å². The van der Waals surface area contributed by atoms with Crippen LogP contribution in [0, 0.1) is 13.8 Å². The number of aromatic nitrogens is 7. The Labute approximate surface area is 225 Å². The summed E-state index contributed by atoms with van der Waals surface area (Å²) < 4.78 is 6.07. The maximum Gasteiger partial charge on any atom is 0.276 e. The van der Waals surface area contributed by atoms with Crippen LogP contribution in [0.3, 0.4) is 0 Å². The van der Waals surface area contributed by atoms with Crippen molar-refractivity contribution in [2.45, 2.75) is 33.9 Å². The van der Waals surface area contributed by atoms with E-state index in [0.717, 1.165) is 28.0 Å². The number of carbonyl (C=O) groups excluding carboxylic acids is 1. The van der Waals surface area contributed by atoms with Crippen LogP contribution in [0.15, 0.2) is 47.2 Å². The van der Waals surface area contributed by atoms with Crippen molar-refractivity contribution < 1.29 is 4.79 Å². The van der Waals surface area contributed by atoms with Gasteiger partial charge in [0.1, 0.15) is 5.69 Å². The Morgan fingerprint density at radius 3 is 2.64 bits per heavy atom. The summed E-state index contributed by atoms with van der Waals surface area (Å²) in [6.07, 6.45) is 3.57. The normalized spacial score (nSPS) is 11.4. The van der Waals surface area contributed by atoms with E-state index >= 15 is 0 Å². The van der Waals surface area contributed by atoms with Gasteiger partial charge in [0, 0.05) is 35.1 Å². The number of nitrogens with zero attached hydrogens (tertiary/aromatic N) is 7. The van der Waals surface area contributed by atoms with Crippen LogP contribution < -0.4 is 5.32 Å². The molecule has 184 valence electrons. The summed E-state index contributed by atoms with van der Waals surface area (Å²) in [7, 11) is 0. The van der Waals surface area contributed by atoms with Gasteiger partial charge >= 0.3 is 0 Å². The Hall–Kier alpha value is -3.21. The van der Waals surface area contributed by atoms with Crippen molar-refractivity contribution in [3.8, 4) is 11.4 Å². The molecule has 9 nitrogen and oxygen atoms in total. The van der Waals surface area contributed by atoms with Gasteiger partial charge in [0.05, 0.1) is 33.8 Å². The second-order valence-electron chi connectivity index (χ2n) is 8.20. The number of rotatable bonds is 6. The van der Waals surface area contributed by atoms with Gasteiger partial charge in [0.25, 0.3) is 5.91 Å². The fourth-order valence-corrected chi connectivity index (χ4v) is 4.93. The molecule has 1 N–H and O–H groups in total. The molecular weight excluding hydrogens is 567 g/mol. The molecule has 1 amide bonds. The Morgan fingerprint density at radius 1 is 1.11 bits per heavy atom. The predicted molar refractivity (Wildman–Crippen MR) is 143 cm³/mol. The lowest BCUT2D eigenvalue weighted by molar-refractivity contribution is 0.102. The monoisotopic (exact) mass is 586 g/mol. The molecule has 0 aliphatic carbocycles. The molecular formula is C24H21BrCl2N8O. The number of hydrogen-bond acceptors (Lipinski definition) is 5. The highest BCUT2D eigenvalue weighted by Crippen LogP contribution is 2.28. The minimum atomic E-state index is -0.361. The standard InChI is InChI=1S/C24H21BrCl2N8O/c1-4-33-12-17(25)23(32-33)20-7-8-28-21-10-19(31-35(20)21)24(36)29-22-13(2)30-34(14(22)3)11-15-5-6-16(26)9-18(15)27/h5-10,12H,4,11H2,1-3H3,(H,29,36). The van der Waals surface area contributed by atoms with Crippen molar-refractivity contribution in [2.24, 2.45) is 0 Å². The van der Waals surface area contributed by atoms with E-state index < -0.39 is 0 Å². The van der Waals surface area contributed by atoms with E-state index in [4.69, 9.17) is 23.2 Å². The number of carbonyl (C=O) groups is 1. The van der Waals surface area contributed by atoms with Gasteiger partial charge in [0.15, 0.2) is 11.3 Å². The average molecular weight is 588 g/mol. The summed E-state index contributed by atoms with van der Waals surface area (Å²) in [5.74, 6) is -0.361. The molecule has 5 rings (SSSR count). The fourth-order valence-electron chi connectivity index (χ4n) is 3.94. The second-order valence-corrected chi connectivity index (χ2v) is 9.90. The van der Waals surface area contributed by atoms with Gasteiger partial charge in [-0.3, -0.25) is 14.2 Å². The summed E-state index contributed by atoms with van der Waals surface area (Å²) in [5, 5.41) is 17.8. The number of anilines is 1. The largest absolute Gasteiger partial charge is 0.317 e. The molecule has 1 aromatic carbocycles. The summed E-state index contributed by atoms with van der Waals surface area (Å²) in [6.45, 7) is 6.92. The van der Waals surface area contributed by atoms with Gasteiger partial charge in [-0.25, -0.2) is 9.50 Å². The van der Waals surface area contributed by atoms with E-state index in [1.807, 2.05) is 43.8 Å². The van der Waals surface area contributed by atoms with Crippen LogP contribution in [-0.2, 0) is 13.1 Å². The minimum Gasteiger partial charge on any atom is -0.317 e. The maximum atomic E-state index is 13.2. The van der Waals surface area contributed by atoms with Gasteiger partial charge in [-0.2, -0.15) is 15.3 Å². The zero-order valence-corrected chi connectivity index (χ0v) is 22.7. The summed E-state index contributed by atoms with van der Waals surface area (Å²) >= 11 is 15.9. The quantitative estimate of drug-likeness (QED) is 0.271. The average Bonchev–Trinajstić information content (AvgIpc) is 3.52. The molecule has 4 aromatic heterocycles. The number of amides is 1. The molecule has 4 heterocycles. The van der Waals surface area contributed by atoms with E-state index in [2.05, 4.69) is 41.5 Å². The first-order chi connectivity index (χ1) is 17.2. The van der Waals surface area contributed by atoms with Crippen LogP contribution in [0.2, 0.25) is 10.0 Å². The topological polar surface area (TPSA) is 94.9 Å². The fraction of sp³-hybridized carbons (Fsp3) is 0.208. The smallest absolute Gasteiger partial charge is 0.276 e. The van der Waals surface area contributed by atoms with E-state index in [9.17, 15) is 4.79 Å². The van der Waals surface area contributed by atoms with Crippen LogP contribution in [0.5, 0.6) is 0 Å². The zero-order valence-electron chi connectivity index (χ0n) is 19.6. The molecule has 36 heavy (non-hydrogen) atoms. The van der Waals surface area contributed by atoms with Crippen LogP contribution >= 0.6 is 39.1 Å². The van der Waals surface area contributed by atoms with Gasteiger partial charge in [-0.15, -0.1) is 0 Å². The molecule has 0 fully saturated rings. The van der Waals surface area contributed by atoms with Crippen molar-refractivity contribution in [3.63, 3.8) is 0 Å². The Morgan fingerprint density at radius 2 is 1.92 bits per heavy atom. The molecule has 0 saturated heterocycles. The van der Waals surface area contributed by atoms with Crippen LogP contribution in [0.1, 0.15) is 34.4 Å². The number of benzene rings is 1. The van der Waals surface area contributed by atoms with Crippen molar-refractivity contribution in [3.05, 3.63) is 79.9 Å². The van der Waals surface area contributed by atoms with E-state index in [1.165, 1.54) is 0 Å². The first kappa shape index (κ1) is 24.5. The van der Waals surface area contributed by atoms with E-state index in [-0.39, 0.29) is 11.6 Å². The molecule has 0 atom stereocenters. The number of aryl methyl sites for hydroxylation is 2. The van der Waals surface area contributed by atoms with E-state index in [0.29, 0.717) is 39.3 Å². The zero-order chi connectivity index (χ0) is 25.6. The van der Waals surface area contributed by atoms with Gasteiger partial charge < -0.3 is 5.32 Å². The SMILES string of the molecule is CCn1cc(Br)c(-c2ccnc3cc(C(=O)Nc4c(C)nn(Cc5ccc(Cl)cc5Cl)c4C)nn23)n1. The summed E-state index contributed by atoms with van der Waals surface area (Å²) in [6, 6.07) is 8.81. The predicted octanol–water partition coefficient (Wildman–Crippen LogP) is 5.80. The molecule has 5 aromatic rings. The molecule has 0 bridgehead atoms. The van der Waals surface area contributed by atoms with Crippen molar-refractivity contribution in [1.29, 1.82) is 0 Å². The summed E-state index contributed by atoms with van der Waals surface area (Å²) in [5.41, 5.74) is 5.18. The number of hydrogen-bond donors (Lipinski definition) is 1. The lowest BCUT2D eigenvalue weighted by Crippen LogP contribution is -2.14.